The summed E-state index contributed by atoms with van der Waals surface area (Å²) in [6, 6.07) is 12.1. The summed E-state index contributed by atoms with van der Waals surface area (Å²) in [5, 5.41) is 11.8. The van der Waals surface area contributed by atoms with Crippen LogP contribution in [0.1, 0.15) is 17.3 Å². The fourth-order valence-electron chi connectivity index (χ4n) is 2.60. The summed E-state index contributed by atoms with van der Waals surface area (Å²) in [7, 11) is 0. The van der Waals surface area contributed by atoms with Crippen LogP contribution in [-0.4, -0.2) is 44.0 Å². The second kappa shape index (κ2) is 10.4. The van der Waals surface area contributed by atoms with Gasteiger partial charge in [-0.2, -0.15) is 0 Å². The highest BCUT2D eigenvalue weighted by Gasteiger charge is 2.16. The predicted molar refractivity (Wildman–Crippen MR) is 115 cm³/mol. The number of pyridine rings is 1. The van der Waals surface area contributed by atoms with Gasteiger partial charge in [0, 0.05) is 18.4 Å². The molecule has 1 amide bonds. The number of carbonyl (C=O) groups excluding carboxylic acids is 2. The standard InChI is InChI=1S/C21H21N5O3S/c1-3-13-26-19(17-7-5-6-12-22-17)24-25-21(26)30-14-18(27)23-16-10-8-15(9-11-16)20(28)29-4-2/h3,5-12H,1,4,13-14H2,2H3,(H,23,27). The minimum atomic E-state index is -0.392. The summed E-state index contributed by atoms with van der Waals surface area (Å²) in [5.74, 6) is 0.178. The molecule has 3 rings (SSSR count). The summed E-state index contributed by atoms with van der Waals surface area (Å²) in [4.78, 5) is 28.3. The smallest absolute Gasteiger partial charge is 0.338 e. The van der Waals surface area contributed by atoms with Crippen molar-refractivity contribution in [2.75, 3.05) is 17.7 Å². The van der Waals surface area contributed by atoms with E-state index in [2.05, 4.69) is 27.1 Å². The summed E-state index contributed by atoms with van der Waals surface area (Å²) in [6.07, 6.45) is 3.43. The third-order valence-electron chi connectivity index (χ3n) is 3.93. The number of allylic oxidation sites excluding steroid dienone is 1. The maximum atomic E-state index is 12.3. The molecule has 0 radical (unpaired) electrons. The van der Waals surface area contributed by atoms with Crippen LogP contribution in [0.4, 0.5) is 5.69 Å². The van der Waals surface area contributed by atoms with Crippen LogP contribution in [0, 0.1) is 0 Å². The highest BCUT2D eigenvalue weighted by Crippen LogP contribution is 2.23. The molecule has 0 spiro atoms. The number of amides is 1. The number of esters is 1. The zero-order valence-corrected chi connectivity index (χ0v) is 17.3. The van der Waals surface area contributed by atoms with Gasteiger partial charge in [-0.25, -0.2) is 4.79 Å². The van der Waals surface area contributed by atoms with Crippen LogP contribution >= 0.6 is 11.8 Å². The quantitative estimate of drug-likeness (QED) is 0.320. The number of carbonyl (C=O) groups is 2. The largest absolute Gasteiger partial charge is 0.462 e. The van der Waals surface area contributed by atoms with E-state index in [-0.39, 0.29) is 11.7 Å². The molecule has 0 atom stereocenters. The first-order valence-electron chi connectivity index (χ1n) is 9.27. The second-order valence-electron chi connectivity index (χ2n) is 6.06. The number of nitrogens with one attached hydrogen (secondary N) is 1. The Morgan fingerprint density at radius 3 is 2.67 bits per heavy atom. The number of anilines is 1. The summed E-state index contributed by atoms with van der Waals surface area (Å²) < 4.78 is 6.81. The van der Waals surface area contributed by atoms with E-state index in [1.165, 1.54) is 11.8 Å². The van der Waals surface area contributed by atoms with E-state index in [1.807, 2.05) is 22.8 Å². The molecule has 2 heterocycles. The summed E-state index contributed by atoms with van der Waals surface area (Å²) >= 11 is 1.27. The lowest BCUT2D eigenvalue weighted by Crippen LogP contribution is -2.15. The van der Waals surface area contributed by atoms with E-state index in [0.29, 0.717) is 41.1 Å². The van der Waals surface area contributed by atoms with Crippen molar-refractivity contribution in [3.63, 3.8) is 0 Å². The molecule has 0 saturated carbocycles. The SMILES string of the molecule is C=CCn1c(SCC(=O)Nc2ccc(C(=O)OCC)cc2)nnc1-c1ccccn1. The zero-order valence-electron chi connectivity index (χ0n) is 16.4. The van der Waals surface area contributed by atoms with Crippen LogP contribution in [0.2, 0.25) is 0 Å². The van der Waals surface area contributed by atoms with Crippen molar-refractivity contribution in [1.82, 2.24) is 19.7 Å². The molecule has 8 nitrogen and oxygen atoms in total. The van der Waals surface area contributed by atoms with Crippen LogP contribution in [0.3, 0.4) is 0 Å². The van der Waals surface area contributed by atoms with Crippen molar-refractivity contribution in [2.45, 2.75) is 18.6 Å². The third-order valence-corrected chi connectivity index (χ3v) is 4.90. The first-order chi connectivity index (χ1) is 14.6. The number of rotatable bonds is 9. The average molecular weight is 423 g/mol. The number of hydrogen-bond acceptors (Lipinski definition) is 7. The summed E-state index contributed by atoms with van der Waals surface area (Å²) in [5.41, 5.74) is 1.73. The van der Waals surface area contributed by atoms with Gasteiger partial charge in [-0.15, -0.1) is 16.8 Å². The second-order valence-corrected chi connectivity index (χ2v) is 7.00. The molecule has 30 heavy (non-hydrogen) atoms. The molecular formula is C21H21N5O3S. The normalized spacial score (nSPS) is 10.4. The van der Waals surface area contributed by atoms with E-state index in [4.69, 9.17) is 4.74 Å². The van der Waals surface area contributed by atoms with Gasteiger partial charge in [-0.3, -0.25) is 14.3 Å². The van der Waals surface area contributed by atoms with Crippen LogP contribution in [0.25, 0.3) is 11.5 Å². The lowest BCUT2D eigenvalue weighted by Gasteiger charge is -2.08. The number of aromatic nitrogens is 4. The molecule has 0 saturated heterocycles. The molecule has 3 aromatic rings. The topological polar surface area (TPSA) is 99.0 Å². The van der Waals surface area contributed by atoms with Crippen molar-refractivity contribution in [3.8, 4) is 11.5 Å². The fraction of sp³-hybridized carbons (Fsp3) is 0.190. The van der Waals surface area contributed by atoms with Crippen molar-refractivity contribution >= 4 is 29.3 Å². The molecule has 154 valence electrons. The minimum Gasteiger partial charge on any atom is -0.462 e. The van der Waals surface area contributed by atoms with Crippen LogP contribution in [0.5, 0.6) is 0 Å². The Labute approximate surface area is 178 Å². The van der Waals surface area contributed by atoms with E-state index in [1.54, 1.807) is 43.5 Å². The van der Waals surface area contributed by atoms with Gasteiger partial charge < -0.3 is 10.1 Å². The Bertz CT molecular complexity index is 1020. The van der Waals surface area contributed by atoms with Gasteiger partial charge in [0.25, 0.3) is 0 Å². The van der Waals surface area contributed by atoms with E-state index in [0.717, 1.165) is 0 Å². The van der Waals surface area contributed by atoms with Crippen molar-refractivity contribution in [1.29, 1.82) is 0 Å². The highest BCUT2D eigenvalue weighted by molar-refractivity contribution is 7.99. The lowest BCUT2D eigenvalue weighted by molar-refractivity contribution is -0.113. The van der Waals surface area contributed by atoms with Crippen molar-refractivity contribution < 1.29 is 14.3 Å². The van der Waals surface area contributed by atoms with Crippen LogP contribution in [-0.2, 0) is 16.1 Å². The molecular weight excluding hydrogens is 402 g/mol. The molecule has 1 N–H and O–H groups in total. The van der Waals surface area contributed by atoms with Crippen LogP contribution < -0.4 is 5.32 Å². The van der Waals surface area contributed by atoms with E-state index < -0.39 is 5.97 Å². The van der Waals surface area contributed by atoms with Gasteiger partial charge in [0.05, 0.1) is 17.9 Å². The molecule has 1 aromatic carbocycles. The Hall–Kier alpha value is -3.46. The number of ether oxygens (including phenoxy) is 1. The molecule has 0 aliphatic heterocycles. The number of benzene rings is 1. The maximum absolute atomic E-state index is 12.3. The Kier molecular flexibility index (Phi) is 7.34. The van der Waals surface area contributed by atoms with Gasteiger partial charge in [0.1, 0.15) is 5.69 Å². The molecule has 0 unspecified atom stereocenters. The number of thioether (sulfide) groups is 1. The van der Waals surface area contributed by atoms with Gasteiger partial charge in [-0.1, -0.05) is 23.9 Å². The summed E-state index contributed by atoms with van der Waals surface area (Å²) in [6.45, 7) is 6.34. The van der Waals surface area contributed by atoms with E-state index in [9.17, 15) is 9.59 Å². The predicted octanol–water partition coefficient (Wildman–Crippen LogP) is 3.43. The van der Waals surface area contributed by atoms with E-state index >= 15 is 0 Å². The van der Waals surface area contributed by atoms with Gasteiger partial charge in [0.15, 0.2) is 11.0 Å². The molecule has 2 aromatic heterocycles. The van der Waals surface area contributed by atoms with Gasteiger partial charge in [0.2, 0.25) is 5.91 Å². The monoisotopic (exact) mass is 423 g/mol. The Morgan fingerprint density at radius 1 is 1.20 bits per heavy atom. The average Bonchev–Trinajstić information content (AvgIpc) is 3.16. The molecule has 0 aliphatic carbocycles. The molecule has 0 bridgehead atoms. The van der Waals surface area contributed by atoms with Gasteiger partial charge >= 0.3 is 5.97 Å². The first-order valence-corrected chi connectivity index (χ1v) is 10.3. The Balaban J connectivity index is 1.63. The van der Waals surface area contributed by atoms with Crippen LogP contribution in [0.15, 0.2) is 66.5 Å². The fourth-order valence-corrected chi connectivity index (χ4v) is 3.35. The number of nitrogens with zero attached hydrogens (tertiary/aromatic N) is 4. The minimum absolute atomic E-state index is 0.150. The Morgan fingerprint density at radius 2 is 2.00 bits per heavy atom. The zero-order chi connectivity index (χ0) is 21.3. The van der Waals surface area contributed by atoms with Gasteiger partial charge in [-0.05, 0) is 43.3 Å². The molecule has 9 heteroatoms. The molecule has 0 aliphatic rings. The molecule has 0 fully saturated rings. The first kappa shape index (κ1) is 21.3. The highest BCUT2D eigenvalue weighted by atomic mass is 32.2. The maximum Gasteiger partial charge on any atom is 0.338 e. The lowest BCUT2D eigenvalue weighted by atomic mass is 10.2. The number of hydrogen-bond donors (Lipinski definition) is 1. The van der Waals surface area contributed by atoms with Crippen molar-refractivity contribution in [3.05, 3.63) is 66.9 Å². The van der Waals surface area contributed by atoms with Crippen molar-refractivity contribution in [2.24, 2.45) is 0 Å². The third kappa shape index (κ3) is 5.32.